The van der Waals surface area contributed by atoms with E-state index in [0.717, 1.165) is 41.8 Å². The molecular formula is C21H34O2S. The van der Waals surface area contributed by atoms with Crippen molar-refractivity contribution in [2.24, 2.45) is 23.7 Å². The number of carboxylic acid groups (broad SMARTS) is 1. The molecule has 3 saturated carbocycles. The monoisotopic (exact) mass is 350 g/mol. The number of allylic oxidation sites excluding steroid dienone is 2. The van der Waals surface area contributed by atoms with E-state index in [9.17, 15) is 4.79 Å². The second-order valence-electron chi connectivity index (χ2n) is 8.29. The molecule has 3 aliphatic carbocycles. The molecule has 4 atom stereocenters. The molecular weight excluding hydrogens is 316 g/mol. The second kappa shape index (κ2) is 9.31. The highest BCUT2D eigenvalue weighted by atomic mass is 32.2. The Morgan fingerprint density at radius 1 is 1.04 bits per heavy atom. The highest BCUT2D eigenvalue weighted by Gasteiger charge is 2.46. The average Bonchev–Trinajstić information content (AvgIpc) is 3.18. The lowest BCUT2D eigenvalue weighted by molar-refractivity contribution is -0.137. The van der Waals surface area contributed by atoms with Crippen molar-refractivity contribution in [2.75, 3.05) is 5.75 Å². The predicted octanol–water partition coefficient (Wildman–Crippen LogP) is 5.92. The van der Waals surface area contributed by atoms with Gasteiger partial charge < -0.3 is 5.11 Å². The van der Waals surface area contributed by atoms with E-state index < -0.39 is 5.97 Å². The van der Waals surface area contributed by atoms with Crippen LogP contribution in [-0.2, 0) is 4.79 Å². The molecule has 2 bridgehead atoms. The summed E-state index contributed by atoms with van der Waals surface area (Å²) in [5.74, 6) is 4.60. The van der Waals surface area contributed by atoms with Crippen LogP contribution in [-0.4, -0.2) is 22.1 Å². The Hall–Kier alpha value is -0.440. The van der Waals surface area contributed by atoms with Crippen molar-refractivity contribution >= 4 is 17.7 Å². The molecule has 0 spiro atoms. The minimum absolute atomic E-state index is 0.304. The van der Waals surface area contributed by atoms with E-state index in [1.807, 2.05) is 0 Å². The summed E-state index contributed by atoms with van der Waals surface area (Å²) in [7, 11) is 0. The first kappa shape index (κ1) is 18.4. The zero-order valence-electron chi connectivity index (χ0n) is 15.0. The Morgan fingerprint density at radius 3 is 2.62 bits per heavy atom. The van der Waals surface area contributed by atoms with Crippen LogP contribution in [0.5, 0.6) is 0 Å². The molecule has 0 aliphatic heterocycles. The first-order chi connectivity index (χ1) is 11.7. The maximum absolute atomic E-state index is 10.5. The number of carbonyl (C=O) groups is 1. The van der Waals surface area contributed by atoms with Gasteiger partial charge in [-0.05, 0) is 80.8 Å². The summed E-state index contributed by atoms with van der Waals surface area (Å²) in [4.78, 5) is 10.5. The molecule has 0 aromatic carbocycles. The van der Waals surface area contributed by atoms with Crippen LogP contribution in [0.25, 0.3) is 0 Å². The van der Waals surface area contributed by atoms with Gasteiger partial charge >= 0.3 is 5.97 Å². The number of carboxylic acids is 1. The SMILES string of the molecule is O=C(O)CCC/C=C\C[C@@H]1[C@@H]2CC[C@@H](C2)[C@H]1SCC1CCCCC1. The fraction of sp³-hybridized carbons (Fsp3) is 0.857. The molecule has 0 heterocycles. The van der Waals surface area contributed by atoms with Crippen LogP contribution in [0.3, 0.4) is 0 Å². The van der Waals surface area contributed by atoms with E-state index in [0.29, 0.717) is 6.42 Å². The lowest BCUT2D eigenvalue weighted by Gasteiger charge is -2.32. The minimum atomic E-state index is -0.671. The molecule has 3 heteroatoms. The Morgan fingerprint density at radius 2 is 1.83 bits per heavy atom. The van der Waals surface area contributed by atoms with E-state index in [2.05, 4.69) is 23.9 Å². The van der Waals surface area contributed by atoms with Gasteiger partial charge in [0.1, 0.15) is 0 Å². The molecule has 2 nitrogen and oxygen atoms in total. The zero-order chi connectivity index (χ0) is 16.8. The topological polar surface area (TPSA) is 37.3 Å². The molecule has 3 aliphatic rings. The fourth-order valence-corrected chi connectivity index (χ4v) is 7.22. The number of thioether (sulfide) groups is 1. The minimum Gasteiger partial charge on any atom is -0.481 e. The van der Waals surface area contributed by atoms with E-state index in [1.54, 1.807) is 0 Å². The first-order valence-electron chi connectivity index (χ1n) is 10.2. The maximum atomic E-state index is 10.5. The number of unbranched alkanes of at least 4 members (excludes halogenated alkanes) is 1. The fourth-order valence-electron chi connectivity index (χ4n) is 5.29. The highest BCUT2D eigenvalue weighted by Crippen LogP contribution is 2.54. The highest BCUT2D eigenvalue weighted by molar-refractivity contribution is 7.99. The molecule has 0 aromatic heterocycles. The van der Waals surface area contributed by atoms with Gasteiger partial charge in [-0.3, -0.25) is 4.79 Å². The van der Waals surface area contributed by atoms with Crippen molar-refractivity contribution in [3.05, 3.63) is 12.2 Å². The third kappa shape index (κ3) is 5.03. The number of fused-ring (bicyclic) bond motifs is 2. The number of rotatable bonds is 9. The molecule has 136 valence electrons. The van der Waals surface area contributed by atoms with E-state index in [1.165, 1.54) is 63.5 Å². The van der Waals surface area contributed by atoms with Crippen LogP contribution >= 0.6 is 11.8 Å². The number of aliphatic carboxylic acids is 1. The van der Waals surface area contributed by atoms with Crippen LogP contribution < -0.4 is 0 Å². The van der Waals surface area contributed by atoms with Crippen molar-refractivity contribution < 1.29 is 9.90 Å². The van der Waals surface area contributed by atoms with Gasteiger partial charge in [-0.25, -0.2) is 0 Å². The normalized spacial score (nSPS) is 33.5. The van der Waals surface area contributed by atoms with Crippen molar-refractivity contribution in [3.8, 4) is 0 Å². The summed E-state index contributed by atoms with van der Waals surface area (Å²) >= 11 is 2.32. The molecule has 0 aromatic rings. The lowest BCUT2D eigenvalue weighted by atomic mass is 9.86. The van der Waals surface area contributed by atoms with Crippen molar-refractivity contribution in [1.29, 1.82) is 0 Å². The Labute approximate surface area is 151 Å². The van der Waals surface area contributed by atoms with Gasteiger partial charge in [-0.2, -0.15) is 11.8 Å². The van der Waals surface area contributed by atoms with Gasteiger partial charge in [-0.1, -0.05) is 31.4 Å². The summed E-state index contributed by atoms with van der Waals surface area (Å²) in [6, 6.07) is 0. The first-order valence-corrected chi connectivity index (χ1v) is 11.3. The molecule has 3 rings (SSSR count). The van der Waals surface area contributed by atoms with Crippen LogP contribution in [0.1, 0.15) is 77.0 Å². The summed E-state index contributed by atoms with van der Waals surface area (Å²) in [6.07, 6.45) is 19.6. The van der Waals surface area contributed by atoms with Crippen LogP contribution in [0.4, 0.5) is 0 Å². The van der Waals surface area contributed by atoms with E-state index in [4.69, 9.17) is 5.11 Å². The summed E-state index contributed by atoms with van der Waals surface area (Å²) in [5, 5.41) is 9.60. The quantitative estimate of drug-likeness (QED) is 0.414. The molecule has 0 saturated heterocycles. The Balaban J connectivity index is 1.42. The Bertz CT molecular complexity index is 428. The molecule has 3 fully saturated rings. The molecule has 0 unspecified atom stereocenters. The zero-order valence-corrected chi connectivity index (χ0v) is 15.8. The van der Waals surface area contributed by atoms with Crippen molar-refractivity contribution in [2.45, 2.75) is 82.3 Å². The molecule has 0 radical (unpaired) electrons. The Kier molecular flexibility index (Phi) is 7.12. The van der Waals surface area contributed by atoms with Crippen molar-refractivity contribution in [3.63, 3.8) is 0 Å². The smallest absolute Gasteiger partial charge is 0.303 e. The summed E-state index contributed by atoms with van der Waals surface area (Å²) in [5.41, 5.74) is 0. The summed E-state index contributed by atoms with van der Waals surface area (Å²) < 4.78 is 0. The molecule has 0 amide bonds. The summed E-state index contributed by atoms with van der Waals surface area (Å²) in [6.45, 7) is 0. The molecule has 1 N–H and O–H groups in total. The van der Waals surface area contributed by atoms with Gasteiger partial charge in [0.15, 0.2) is 0 Å². The third-order valence-electron chi connectivity index (χ3n) is 6.59. The van der Waals surface area contributed by atoms with Crippen LogP contribution in [0, 0.1) is 23.7 Å². The van der Waals surface area contributed by atoms with Gasteiger partial charge in [0.25, 0.3) is 0 Å². The third-order valence-corrected chi connectivity index (χ3v) is 8.37. The lowest BCUT2D eigenvalue weighted by Crippen LogP contribution is -2.26. The van der Waals surface area contributed by atoms with E-state index in [-0.39, 0.29) is 0 Å². The molecule has 24 heavy (non-hydrogen) atoms. The standard InChI is InChI=1S/C21H34O2S/c22-20(23)11-7-2-1-6-10-19-17-12-13-18(14-17)21(19)24-15-16-8-4-3-5-9-16/h1,6,16-19,21H,2-5,7-15H2,(H,22,23)/b6-1-/t17-,18+,19-,21-/m1/s1. The van der Waals surface area contributed by atoms with Gasteiger partial charge in [0.05, 0.1) is 0 Å². The van der Waals surface area contributed by atoms with Crippen LogP contribution in [0.15, 0.2) is 12.2 Å². The predicted molar refractivity (Wildman–Crippen MR) is 102 cm³/mol. The largest absolute Gasteiger partial charge is 0.481 e. The average molecular weight is 351 g/mol. The van der Waals surface area contributed by atoms with Crippen LogP contribution in [0.2, 0.25) is 0 Å². The maximum Gasteiger partial charge on any atom is 0.303 e. The number of hydrogen-bond acceptors (Lipinski definition) is 2. The number of hydrogen-bond donors (Lipinski definition) is 1. The van der Waals surface area contributed by atoms with Gasteiger partial charge in [0.2, 0.25) is 0 Å². The van der Waals surface area contributed by atoms with Gasteiger partial charge in [0, 0.05) is 11.7 Å². The van der Waals surface area contributed by atoms with Gasteiger partial charge in [-0.15, -0.1) is 0 Å². The second-order valence-corrected chi connectivity index (χ2v) is 9.50. The van der Waals surface area contributed by atoms with Crippen molar-refractivity contribution in [1.82, 2.24) is 0 Å². The van der Waals surface area contributed by atoms with E-state index >= 15 is 0 Å².